The first-order chi connectivity index (χ1) is 21.7. The van der Waals surface area contributed by atoms with Gasteiger partial charge in [0.15, 0.2) is 9.84 Å². The van der Waals surface area contributed by atoms with E-state index in [1.807, 2.05) is 80.7 Å². The molecule has 0 saturated carbocycles. The Labute approximate surface area is 261 Å². The van der Waals surface area contributed by atoms with Crippen molar-refractivity contribution in [3.8, 4) is 39.9 Å². The maximum Gasteiger partial charge on any atom is 0.175 e. The number of para-hydroxylation sites is 1. The molecule has 0 spiro atoms. The van der Waals surface area contributed by atoms with Gasteiger partial charge < -0.3 is 9.47 Å². The van der Waals surface area contributed by atoms with Crippen LogP contribution in [-0.4, -0.2) is 41.1 Å². The molecule has 4 aromatic carbocycles. The maximum absolute atomic E-state index is 12.1. The molecule has 7 aromatic rings. The molecule has 3 heterocycles. The molecule has 9 heteroatoms. The molecule has 0 fully saturated rings. The fourth-order valence-corrected chi connectivity index (χ4v) is 6.70. The second-order valence-corrected chi connectivity index (χ2v) is 13.1. The highest BCUT2D eigenvalue weighted by atomic mass is 32.2. The van der Waals surface area contributed by atoms with E-state index >= 15 is 0 Å². The van der Waals surface area contributed by atoms with Crippen LogP contribution in [0.3, 0.4) is 0 Å². The zero-order valence-electron chi connectivity index (χ0n) is 25.2. The molecule has 0 radical (unpaired) electrons. The number of hydrogen-bond acceptors (Lipinski definition) is 6. The summed E-state index contributed by atoms with van der Waals surface area (Å²) < 4.78 is 40.0. The second kappa shape index (κ2) is 10.9. The SMILES string of the molecule is COc1ccnc(-n2c3ccccc3c3ccc(Oc4cccc(-n5cc(-c6c(C)cc(S(C)(=O)=O)cc6C)cn5)c4)cc32)c1. The quantitative estimate of drug-likeness (QED) is 0.182. The van der Waals surface area contributed by atoms with Gasteiger partial charge in [0, 0.05) is 53.2 Å². The number of nitrogens with zero attached hydrogens (tertiary/aromatic N) is 4. The Kier molecular flexibility index (Phi) is 6.90. The van der Waals surface area contributed by atoms with Gasteiger partial charge in [-0.1, -0.05) is 24.3 Å². The highest BCUT2D eigenvalue weighted by Crippen LogP contribution is 2.36. The third-order valence-corrected chi connectivity index (χ3v) is 9.04. The van der Waals surface area contributed by atoms with Gasteiger partial charge in [0.1, 0.15) is 23.1 Å². The molecular weight excluding hydrogens is 584 g/mol. The van der Waals surface area contributed by atoms with Crippen LogP contribution in [0.1, 0.15) is 11.1 Å². The molecule has 0 N–H and O–H groups in total. The summed E-state index contributed by atoms with van der Waals surface area (Å²) in [6.45, 7) is 3.84. The van der Waals surface area contributed by atoms with E-state index in [-0.39, 0.29) is 0 Å². The summed E-state index contributed by atoms with van der Waals surface area (Å²) >= 11 is 0. The average Bonchev–Trinajstić information content (AvgIpc) is 3.63. The molecule has 0 amide bonds. The van der Waals surface area contributed by atoms with Crippen molar-refractivity contribution < 1.29 is 17.9 Å². The lowest BCUT2D eigenvalue weighted by Crippen LogP contribution is -2.00. The van der Waals surface area contributed by atoms with Crippen LogP contribution in [0.5, 0.6) is 17.2 Å². The molecule has 7 rings (SSSR count). The van der Waals surface area contributed by atoms with Gasteiger partial charge in [0.2, 0.25) is 0 Å². The van der Waals surface area contributed by atoms with E-state index in [1.54, 1.807) is 36.3 Å². The fourth-order valence-electron chi connectivity index (χ4n) is 5.92. The minimum atomic E-state index is -3.30. The molecule has 0 aliphatic heterocycles. The topological polar surface area (TPSA) is 88.2 Å². The zero-order valence-corrected chi connectivity index (χ0v) is 26.0. The van der Waals surface area contributed by atoms with Crippen LogP contribution in [0.15, 0.2) is 114 Å². The molecule has 3 aromatic heterocycles. The second-order valence-electron chi connectivity index (χ2n) is 11.1. The van der Waals surface area contributed by atoms with Gasteiger partial charge in [-0.2, -0.15) is 5.10 Å². The Bertz CT molecular complexity index is 2330. The Morgan fingerprint density at radius 3 is 2.29 bits per heavy atom. The van der Waals surface area contributed by atoms with Crippen LogP contribution in [0.25, 0.3) is 44.4 Å². The van der Waals surface area contributed by atoms with Crippen molar-refractivity contribution in [3.05, 3.63) is 121 Å². The van der Waals surface area contributed by atoms with E-state index in [1.165, 1.54) is 6.26 Å². The van der Waals surface area contributed by atoms with Crippen LogP contribution in [0.4, 0.5) is 0 Å². The zero-order chi connectivity index (χ0) is 31.3. The number of aryl methyl sites for hydroxylation is 2. The Balaban J connectivity index is 1.23. The Morgan fingerprint density at radius 1 is 0.756 bits per heavy atom. The monoisotopic (exact) mass is 614 g/mol. The lowest BCUT2D eigenvalue weighted by molar-refractivity contribution is 0.414. The van der Waals surface area contributed by atoms with Gasteiger partial charge in [-0.05, 0) is 79.1 Å². The molecule has 8 nitrogen and oxygen atoms in total. The number of rotatable bonds is 7. The van der Waals surface area contributed by atoms with Gasteiger partial charge in [-0.15, -0.1) is 0 Å². The van der Waals surface area contributed by atoms with Crippen molar-refractivity contribution in [2.75, 3.05) is 13.4 Å². The number of ether oxygens (including phenoxy) is 2. The van der Waals surface area contributed by atoms with Crippen molar-refractivity contribution in [2.45, 2.75) is 18.7 Å². The molecule has 0 aliphatic carbocycles. The largest absolute Gasteiger partial charge is 0.497 e. The Hall–Kier alpha value is -5.41. The number of aromatic nitrogens is 4. The van der Waals surface area contributed by atoms with Crippen molar-refractivity contribution in [2.24, 2.45) is 0 Å². The van der Waals surface area contributed by atoms with Crippen LogP contribution in [0.2, 0.25) is 0 Å². The minimum absolute atomic E-state index is 0.316. The highest BCUT2D eigenvalue weighted by Gasteiger charge is 2.17. The van der Waals surface area contributed by atoms with Gasteiger partial charge in [0.05, 0.1) is 34.9 Å². The molecule has 0 saturated heterocycles. The summed E-state index contributed by atoms with van der Waals surface area (Å²) in [5.41, 5.74) is 6.47. The fraction of sp³-hybridized carbons (Fsp3) is 0.111. The number of fused-ring (bicyclic) bond motifs is 3. The summed E-state index contributed by atoms with van der Waals surface area (Å²) in [6, 6.07) is 29.3. The first-order valence-electron chi connectivity index (χ1n) is 14.4. The number of sulfone groups is 1. The summed E-state index contributed by atoms with van der Waals surface area (Å²) in [7, 11) is -1.65. The van der Waals surface area contributed by atoms with Gasteiger partial charge in [-0.25, -0.2) is 18.1 Å². The van der Waals surface area contributed by atoms with Crippen LogP contribution < -0.4 is 9.47 Å². The predicted molar refractivity (Wildman–Crippen MR) is 177 cm³/mol. The summed E-state index contributed by atoms with van der Waals surface area (Å²) in [4.78, 5) is 4.96. The predicted octanol–water partition coefficient (Wildman–Crippen LogP) is 7.85. The van der Waals surface area contributed by atoms with E-state index in [9.17, 15) is 8.42 Å². The summed E-state index contributed by atoms with van der Waals surface area (Å²) in [5, 5.41) is 6.83. The van der Waals surface area contributed by atoms with E-state index in [4.69, 9.17) is 9.47 Å². The number of hydrogen-bond donors (Lipinski definition) is 0. The van der Waals surface area contributed by atoms with Crippen molar-refractivity contribution >= 4 is 31.6 Å². The van der Waals surface area contributed by atoms with Gasteiger partial charge >= 0.3 is 0 Å². The molecule has 45 heavy (non-hydrogen) atoms. The molecule has 0 unspecified atom stereocenters. The first-order valence-corrected chi connectivity index (χ1v) is 16.3. The molecule has 0 bridgehead atoms. The number of methoxy groups -OCH3 is 1. The van der Waals surface area contributed by atoms with E-state index < -0.39 is 9.84 Å². The van der Waals surface area contributed by atoms with Crippen molar-refractivity contribution in [1.29, 1.82) is 0 Å². The minimum Gasteiger partial charge on any atom is -0.497 e. The average molecular weight is 615 g/mol. The Morgan fingerprint density at radius 2 is 1.51 bits per heavy atom. The lowest BCUT2D eigenvalue weighted by Gasteiger charge is -2.11. The van der Waals surface area contributed by atoms with Crippen LogP contribution in [-0.2, 0) is 9.84 Å². The van der Waals surface area contributed by atoms with E-state index in [0.29, 0.717) is 16.4 Å². The third-order valence-electron chi connectivity index (χ3n) is 7.95. The molecular formula is C36H30N4O4S. The normalized spacial score (nSPS) is 11.7. The summed E-state index contributed by atoms with van der Waals surface area (Å²) in [6.07, 6.45) is 6.71. The summed E-state index contributed by atoms with van der Waals surface area (Å²) in [5.74, 6) is 2.83. The van der Waals surface area contributed by atoms with Gasteiger partial charge in [-0.3, -0.25) is 4.57 Å². The van der Waals surface area contributed by atoms with Crippen molar-refractivity contribution in [1.82, 2.24) is 19.3 Å². The molecule has 224 valence electrons. The first kappa shape index (κ1) is 28.4. The third kappa shape index (κ3) is 5.21. The number of benzene rings is 4. The van der Waals surface area contributed by atoms with E-state index in [2.05, 4.69) is 32.8 Å². The number of pyridine rings is 1. The van der Waals surface area contributed by atoms with Crippen LogP contribution in [0, 0.1) is 13.8 Å². The van der Waals surface area contributed by atoms with Crippen molar-refractivity contribution in [3.63, 3.8) is 0 Å². The molecule has 0 aliphatic rings. The van der Waals surface area contributed by atoms with Crippen LogP contribution >= 0.6 is 0 Å². The highest BCUT2D eigenvalue weighted by molar-refractivity contribution is 7.90. The smallest absolute Gasteiger partial charge is 0.175 e. The lowest BCUT2D eigenvalue weighted by atomic mass is 9.98. The van der Waals surface area contributed by atoms with Gasteiger partial charge in [0.25, 0.3) is 0 Å². The maximum atomic E-state index is 12.1. The standard InChI is InChI=1S/C36H30N4O4S/c1-23-16-30(45(4,41)42)17-24(2)36(23)25-21-38-39(22-25)26-8-7-9-28(18-26)44-29-12-13-32-31-10-5-6-11-33(31)40(34(32)19-29)35-20-27(43-3)14-15-37-35/h5-22H,1-4H3. The molecule has 0 atom stereocenters. The van der Waals surface area contributed by atoms with E-state index in [0.717, 1.165) is 61.3 Å².